The molecule has 0 bridgehead atoms. The first-order valence-corrected chi connectivity index (χ1v) is 5.84. The Labute approximate surface area is 119 Å². The normalized spacial score (nSPS) is 11.5. The lowest BCUT2D eigenvalue weighted by atomic mass is 10.2. The molecule has 0 radical (unpaired) electrons. The molecule has 114 valence electrons. The first kappa shape index (κ1) is 16.2. The highest BCUT2D eigenvalue weighted by Gasteiger charge is 2.24. The van der Waals surface area contributed by atoms with E-state index >= 15 is 0 Å². The largest absolute Gasteiger partial charge is 0.481 e. The van der Waals surface area contributed by atoms with E-state index in [2.05, 4.69) is 0 Å². The van der Waals surface area contributed by atoms with Crippen molar-refractivity contribution in [2.45, 2.75) is 12.5 Å². The fourth-order valence-corrected chi connectivity index (χ4v) is 1.49. The third kappa shape index (κ3) is 4.97. The van der Waals surface area contributed by atoms with Crippen molar-refractivity contribution in [1.29, 1.82) is 0 Å². The predicted octanol–water partition coefficient (Wildman–Crippen LogP) is -0.604. The van der Waals surface area contributed by atoms with Gasteiger partial charge < -0.3 is 24.8 Å². The predicted molar refractivity (Wildman–Crippen MR) is 67.5 cm³/mol. The second-order valence-electron chi connectivity index (χ2n) is 4.19. The average Bonchev–Trinajstić information content (AvgIpc) is 2.89. The highest BCUT2D eigenvalue weighted by atomic mass is 16.4. The van der Waals surface area contributed by atoms with Gasteiger partial charge in [0, 0.05) is 7.05 Å². The molecule has 0 aliphatic carbocycles. The number of furan rings is 1. The lowest BCUT2D eigenvalue weighted by Crippen LogP contribution is -2.46. The van der Waals surface area contributed by atoms with E-state index in [1.165, 1.54) is 25.4 Å². The summed E-state index contributed by atoms with van der Waals surface area (Å²) in [6.07, 6.45) is 0.547. The summed E-state index contributed by atoms with van der Waals surface area (Å²) in [5.74, 6) is -4.13. The van der Waals surface area contributed by atoms with E-state index in [0.717, 1.165) is 4.90 Å². The quantitative estimate of drug-likeness (QED) is 0.611. The number of carboxylic acid groups (broad SMARTS) is 2. The van der Waals surface area contributed by atoms with Crippen LogP contribution < -0.4 is 5.32 Å². The molecule has 1 heterocycles. The molecule has 1 aromatic rings. The third-order valence-corrected chi connectivity index (χ3v) is 2.47. The summed E-state index contributed by atoms with van der Waals surface area (Å²) >= 11 is 0. The number of carbonyl (C=O) groups excluding carboxylic acids is 2. The highest BCUT2D eigenvalue weighted by molar-refractivity contribution is 5.95. The maximum Gasteiger partial charge on any atom is 0.326 e. The van der Waals surface area contributed by atoms with Crippen LogP contribution in [0.3, 0.4) is 0 Å². The Bertz CT molecular complexity index is 538. The smallest absolute Gasteiger partial charge is 0.326 e. The van der Waals surface area contributed by atoms with Crippen molar-refractivity contribution in [3.8, 4) is 0 Å². The number of nitrogens with one attached hydrogen (secondary N) is 1. The second kappa shape index (κ2) is 7.08. The van der Waals surface area contributed by atoms with Crippen molar-refractivity contribution >= 4 is 23.8 Å². The lowest BCUT2D eigenvalue weighted by Gasteiger charge is -2.17. The van der Waals surface area contributed by atoms with Gasteiger partial charge in [0.1, 0.15) is 6.04 Å². The number of carboxylic acids is 2. The minimum absolute atomic E-state index is 0.0330. The van der Waals surface area contributed by atoms with Gasteiger partial charge in [-0.05, 0) is 12.1 Å². The highest BCUT2D eigenvalue weighted by Crippen LogP contribution is 2.04. The van der Waals surface area contributed by atoms with Crippen LogP contribution >= 0.6 is 0 Å². The summed E-state index contributed by atoms with van der Waals surface area (Å²) in [6.45, 7) is -0.428. The van der Waals surface area contributed by atoms with Gasteiger partial charge in [0.25, 0.3) is 5.91 Å². The Morgan fingerprint density at radius 2 is 2.00 bits per heavy atom. The molecule has 0 aliphatic rings. The van der Waals surface area contributed by atoms with E-state index in [1.807, 2.05) is 5.32 Å². The number of carbonyl (C=O) groups is 4. The molecule has 1 atom stereocenters. The van der Waals surface area contributed by atoms with Crippen molar-refractivity contribution < 1.29 is 33.8 Å². The number of nitrogens with zero attached hydrogens (tertiary/aromatic N) is 1. The fourth-order valence-electron chi connectivity index (χ4n) is 1.49. The summed E-state index contributed by atoms with van der Waals surface area (Å²) in [6, 6.07) is 1.37. The molecule has 0 saturated carbocycles. The van der Waals surface area contributed by atoms with Crippen LogP contribution in [0.5, 0.6) is 0 Å². The van der Waals surface area contributed by atoms with E-state index in [-0.39, 0.29) is 5.76 Å². The maximum absolute atomic E-state index is 11.8. The summed E-state index contributed by atoms with van der Waals surface area (Å²) < 4.78 is 4.88. The van der Waals surface area contributed by atoms with E-state index in [0.29, 0.717) is 0 Å². The van der Waals surface area contributed by atoms with Gasteiger partial charge in [-0.1, -0.05) is 0 Å². The van der Waals surface area contributed by atoms with Crippen LogP contribution in [-0.2, 0) is 14.4 Å². The van der Waals surface area contributed by atoms with E-state index in [9.17, 15) is 19.2 Å². The fraction of sp³-hybridized carbons (Fsp3) is 0.333. The second-order valence-corrected chi connectivity index (χ2v) is 4.19. The van der Waals surface area contributed by atoms with Gasteiger partial charge in [-0.3, -0.25) is 14.4 Å². The molecule has 1 rings (SSSR count). The standard InChI is InChI=1S/C12H14N2O7/c1-14(11(18)8-3-2-4-21-8)6-9(15)13-7(12(19)20)5-10(16)17/h2-4,7H,5-6H2,1H3,(H,13,15)(H,16,17)(H,19,20). The Kier molecular flexibility index (Phi) is 5.47. The zero-order chi connectivity index (χ0) is 16.0. The van der Waals surface area contributed by atoms with Crippen LogP contribution in [0.2, 0.25) is 0 Å². The summed E-state index contributed by atoms with van der Waals surface area (Å²) in [4.78, 5) is 45.7. The number of amides is 2. The Hall–Kier alpha value is -2.84. The van der Waals surface area contributed by atoms with E-state index < -0.39 is 42.8 Å². The van der Waals surface area contributed by atoms with Gasteiger partial charge >= 0.3 is 11.9 Å². The van der Waals surface area contributed by atoms with Crippen LogP contribution in [-0.4, -0.2) is 58.5 Å². The molecule has 9 heteroatoms. The molecule has 0 aromatic carbocycles. The van der Waals surface area contributed by atoms with Crippen molar-refractivity contribution in [3.63, 3.8) is 0 Å². The van der Waals surface area contributed by atoms with E-state index in [4.69, 9.17) is 14.6 Å². The summed E-state index contributed by atoms with van der Waals surface area (Å²) in [5, 5.41) is 19.4. The Morgan fingerprint density at radius 3 is 2.48 bits per heavy atom. The summed E-state index contributed by atoms with van der Waals surface area (Å²) in [5.41, 5.74) is 0. The number of hydrogen-bond acceptors (Lipinski definition) is 5. The first-order valence-electron chi connectivity index (χ1n) is 5.84. The lowest BCUT2D eigenvalue weighted by molar-refractivity contribution is -0.147. The van der Waals surface area contributed by atoms with Crippen molar-refractivity contribution in [2.75, 3.05) is 13.6 Å². The van der Waals surface area contributed by atoms with Crippen molar-refractivity contribution in [1.82, 2.24) is 10.2 Å². The van der Waals surface area contributed by atoms with Crippen LogP contribution in [0.15, 0.2) is 22.8 Å². The topological polar surface area (TPSA) is 137 Å². The number of hydrogen-bond donors (Lipinski definition) is 3. The van der Waals surface area contributed by atoms with Gasteiger partial charge in [0.2, 0.25) is 5.91 Å². The van der Waals surface area contributed by atoms with Gasteiger partial charge in [0.15, 0.2) is 5.76 Å². The van der Waals surface area contributed by atoms with Gasteiger partial charge in [-0.25, -0.2) is 4.79 Å². The van der Waals surface area contributed by atoms with Crippen LogP contribution in [0.4, 0.5) is 0 Å². The maximum atomic E-state index is 11.8. The molecule has 1 unspecified atom stereocenters. The van der Waals surface area contributed by atoms with Crippen LogP contribution in [0.25, 0.3) is 0 Å². The van der Waals surface area contributed by atoms with E-state index in [1.54, 1.807) is 0 Å². The molecule has 0 fully saturated rings. The zero-order valence-corrected chi connectivity index (χ0v) is 11.1. The van der Waals surface area contributed by atoms with Crippen LogP contribution in [0, 0.1) is 0 Å². The van der Waals surface area contributed by atoms with Gasteiger partial charge in [0.05, 0.1) is 19.2 Å². The molecule has 2 amide bonds. The van der Waals surface area contributed by atoms with Gasteiger partial charge in [-0.15, -0.1) is 0 Å². The molecule has 9 nitrogen and oxygen atoms in total. The number of aliphatic carboxylic acids is 2. The zero-order valence-electron chi connectivity index (χ0n) is 11.1. The van der Waals surface area contributed by atoms with Crippen molar-refractivity contribution in [2.24, 2.45) is 0 Å². The minimum atomic E-state index is -1.55. The molecule has 0 aliphatic heterocycles. The minimum Gasteiger partial charge on any atom is -0.481 e. The molecule has 0 spiro atoms. The summed E-state index contributed by atoms with van der Waals surface area (Å²) in [7, 11) is 1.33. The van der Waals surface area contributed by atoms with Crippen LogP contribution in [0.1, 0.15) is 17.0 Å². The molecule has 3 N–H and O–H groups in total. The molecular formula is C12H14N2O7. The Balaban J connectivity index is 2.57. The average molecular weight is 298 g/mol. The molecule has 21 heavy (non-hydrogen) atoms. The number of likely N-dealkylation sites (N-methyl/N-ethyl adjacent to an activating group) is 1. The number of rotatable bonds is 7. The third-order valence-electron chi connectivity index (χ3n) is 2.47. The monoisotopic (exact) mass is 298 g/mol. The molecule has 1 aromatic heterocycles. The SMILES string of the molecule is CN(CC(=O)NC(CC(=O)O)C(=O)O)C(=O)c1ccco1. The van der Waals surface area contributed by atoms with Gasteiger partial charge in [-0.2, -0.15) is 0 Å². The van der Waals surface area contributed by atoms with Crippen molar-refractivity contribution in [3.05, 3.63) is 24.2 Å². The first-order chi connectivity index (χ1) is 9.81. The Morgan fingerprint density at radius 1 is 1.33 bits per heavy atom. The molecule has 0 saturated heterocycles. The molecular weight excluding hydrogens is 284 g/mol.